The van der Waals surface area contributed by atoms with Crippen LogP contribution in [0.1, 0.15) is 43.9 Å². The zero-order chi connectivity index (χ0) is 14.3. The molecule has 1 rings (SSSR count). The Hall–Kier alpha value is -1.00. The molecule has 0 fully saturated rings. The largest absolute Gasteiger partial charge is 0.381 e. The van der Waals surface area contributed by atoms with Gasteiger partial charge in [-0.15, -0.1) is 0 Å². The maximum atomic E-state index is 13.7. The van der Waals surface area contributed by atoms with Crippen molar-refractivity contribution in [2.75, 3.05) is 19.8 Å². The molecule has 0 aromatic heterocycles. The van der Waals surface area contributed by atoms with Crippen LogP contribution in [0.25, 0.3) is 0 Å². The minimum absolute atomic E-state index is 0.207. The van der Waals surface area contributed by atoms with Crippen molar-refractivity contribution in [3.63, 3.8) is 0 Å². The highest BCUT2D eigenvalue weighted by Crippen LogP contribution is 2.20. The van der Waals surface area contributed by atoms with E-state index in [4.69, 9.17) is 4.74 Å². The van der Waals surface area contributed by atoms with Gasteiger partial charge in [0, 0.05) is 24.8 Å². The molecule has 0 radical (unpaired) electrons. The highest BCUT2D eigenvalue weighted by Gasteiger charge is 2.13. The third-order valence-corrected chi connectivity index (χ3v) is 3.01. The second-order valence-electron chi connectivity index (χ2n) is 4.76. The highest BCUT2D eigenvalue weighted by molar-refractivity contribution is 5.27. The standard InChI is InChI=1S/C15H23F2NO/c1-4-7-19-8-5-6-18-12(3)13-10-14(16)11(2)9-15(13)17/h9-10,12,18H,4-8H2,1-3H3. The molecule has 0 aliphatic carbocycles. The van der Waals surface area contributed by atoms with E-state index in [0.29, 0.717) is 17.7 Å². The topological polar surface area (TPSA) is 21.3 Å². The molecule has 0 amide bonds. The number of ether oxygens (including phenoxy) is 1. The van der Waals surface area contributed by atoms with Gasteiger partial charge in [0.05, 0.1) is 0 Å². The van der Waals surface area contributed by atoms with Crippen LogP contribution in [-0.4, -0.2) is 19.8 Å². The fraction of sp³-hybridized carbons (Fsp3) is 0.600. The van der Waals surface area contributed by atoms with Gasteiger partial charge >= 0.3 is 0 Å². The minimum Gasteiger partial charge on any atom is -0.381 e. The Kier molecular flexibility index (Phi) is 6.95. The Morgan fingerprint density at radius 2 is 1.95 bits per heavy atom. The van der Waals surface area contributed by atoms with Gasteiger partial charge in [0.2, 0.25) is 0 Å². The maximum absolute atomic E-state index is 13.7. The second-order valence-corrected chi connectivity index (χ2v) is 4.76. The summed E-state index contributed by atoms with van der Waals surface area (Å²) >= 11 is 0. The number of benzene rings is 1. The van der Waals surface area contributed by atoms with Crippen molar-refractivity contribution in [3.8, 4) is 0 Å². The second kappa shape index (κ2) is 8.23. The summed E-state index contributed by atoms with van der Waals surface area (Å²) in [6.45, 7) is 7.64. The van der Waals surface area contributed by atoms with E-state index in [2.05, 4.69) is 12.2 Å². The molecule has 0 spiro atoms. The van der Waals surface area contributed by atoms with Crippen molar-refractivity contribution in [2.24, 2.45) is 0 Å². The average molecular weight is 271 g/mol. The van der Waals surface area contributed by atoms with Crippen molar-refractivity contribution in [3.05, 3.63) is 34.9 Å². The van der Waals surface area contributed by atoms with Crippen LogP contribution in [0.4, 0.5) is 8.78 Å². The summed E-state index contributed by atoms with van der Waals surface area (Å²) in [6, 6.07) is 2.31. The maximum Gasteiger partial charge on any atom is 0.128 e. The van der Waals surface area contributed by atoms with Crippen LogP contribution < -0.4 is 5.32 Å². The lowest BCUT2D eigenvalue weighted by Crippen LogP contribution is -2.22. The summed E-state index contributed by atoms with van der Waals surface area (Å²) in [7, 11) is 0. The fourth-order valence-corrected chi connectivity index (χ4v) is 1.84. The molecule has 1 N–H and O–H groups in total. The summed E-state index contributed by atoms with van der Waals surface area (Å²) in [6.07, 6.45) is 1.87. The van der Waals surface area contributed by atoms with E-state index in [-0.39, 0.29) is 17.7 Å². The van der Waals surface area contributed by atoms with Gasteiger partial charge in [-0.3, -0.25) is 0 Å². The normalized spacial score (nSPS) is 12.7. The Morgan fingerprint density at radius 3 is 2.63 bits per heavy atom. The van der Waals surface area contributed by atoms with E-state index in [9.17, 15) is 8.78 Å². The molecule has 0 aliphatic rings. The van der Waals surface area contributed by atoms with Gasteiger partial charge in [-0.25, -0.2) is 8.78 Å². The van der Waals surface area contributed by atoms with E-state index in [1.807, 2.05) is 6.92 Å². The number of nitrogens with one attached hydrogen (secondary N) is 1. The molecule has 0 saturated carbocycles. The predicted octanol–water partition coefficient (Wildman–Crippen LogP) is 3.74. The van der Waals surface area contributed by atoms with Crippen LogP contribution in [0.3, 0.4) is 0 Å². The molecule has 0 bridgehead atoms. The number of hydrogen-bond acceptors (Lipinski definition) is 2. The Bertz CT molecular complexity index is 396. The van der Waals surface area contributed by atoms with Crippen LogP contribution in [-0.2, 0) is 4.74 Å². The summed E-state index contributed by atoms with van der Waals surface area (Å²) in [5.74, 6) is -0.725. The third-order valence-electron chi connectivity index (χ3n) is 3.01. The molecule has 1 aromatic carbocycles. The van der Waals surface area contributed by atoms with Gasteiger partial charge < -0.3 is 10.1 Å². The monoisotopic (exact) mass is 271 g/mol. The molecular weight excluding hydrogens is 248 g/mol. The molecule has 1 atom stereocenters. The van der Waals surface area contributed by atoms with Gasteiger partial charge in [0.1, 0.15) is 11.6 Å². The quantitative estimate of drug-likeness (QED) is 0.727. The van der Waals surface area contributed by atoms with Crippen LogP contribution in [0.15, 0.2) is 12.1 Å². The zero-order valence-electron chi connectivity index (χ0n) is 11.9. The SMILES string of the molecule is CCCOCCCNC(C)c1cc(F)c(C)cc1F. The van der Waals surface area contributed by atoms with E-state index >= 15 is 0 Å². The van der Waals surface area contributed by atoms with Gasteiger partial charge in [-0.1, -0.05) is 6.92 Å². The first-order valence-corrected chi connectivity index (χ1v) is 6.83. The molecule has 19 heavy (non-hydrogen) atoms. The summed E-state index contributed by atoms with van der Waals surface area (Å²) < 4.78 is 32.5. The molecule has 108 valence electrons. The molecule has 1 aromatic rings. The van der Waals surface area contributed by atoms with Gasteiger partial charge in [-0.2, -0.15) is 0 Å². The number of aryl methyl sites for hydroxylation is 1. The number of halogens is 2. The summed E-state index contributed by atoms with van der Waals surface area (Å²) in [5, 5.41) is 3.18. The Balaban J connectivity index is 2.41. The van der Waals surface area contributed by atoms with E-state index in [0.717, 1.165) is 26.0 Å². The van der Waals surface area contributed by atoms with Crippen LogP contribution in [0.5, 0.6) is 0 Å². The molecule has 0 saturated heterocycles. The van der Waals surface area contributed by atoms with Gasteiger partial charge in [0.15, 0.2) is 0 Å². The fourth-order valence-electron chi connectivity index (χ4n) is 1.84. The first-order chi connectivity index (χ1) is 9.06. The van der Waals surface area contributed by atoms with Gasteiger partial charge in [-0.05, 0) is 50.9 Å². The van der Waals surface area contributed by atoms with Crippen LogP contribution in [0, 0.1) is 18.6 Å². The van der Waals surface area contributed by atoms with Crippen molar-refractivity contribution >= 4 is 0 Å². The van der Waals surface area contributed by atoms with Gasteiger partial charge in [0.25, 0.3) is 0 Å². The summed E-state index contributed by atoms with van der Waals surface area (Å²) in [4.78, 5) is 0. The predicted molar refractivity (Wildman–Crippen MR) is 73.2 cm³/mol. The zero-order valence-corrected chi connectivity index (χ0v) is 11.9. The lowest BCUT2D eigenvalue weighted by Gasteiger charge is -2.16. The summed E-state index contributed by atoms with van der Waals surface area (Å²) in [5.41, 5.74) is 0.707. The lowest BCUT2D eigenvalue weighted by atomic mass is 10.0. The first-order valence-electron chi connectivity index (χ1n) is 6.83. The lowest BCUT2D eigenvalue weighted by molar-refractivity contribution is 0.131. The van der Waals surface area contributed by atoms with E-state index in [1.165, 1.54) is 12.1 Å². The van der Waals surface area contributed by atoms with E-state index in [1.54, 1.807) is 6.92 Å². The van der Waals surface area contributed by atoms with Crippen LogP contribution >= 0.6 is 0 Å². The van der Waals surface area contributed by atoms with Crippen molar-refractivity contribution < 1.29 is 13.5 Å². The Labute approximate surface area is 114 Å². The average Bonchev–Trinajstić information content (AvgIpc) is 2.37. The molecular formula is C15H23F2NO. The van der Waals surface area contributed by atoms with Crippen LogP contribution in [0.2, 0.25) is 0 Å². The smallest absolute Gasteiger partial charge is 0.128 e. The molecule has 0 aliphatic heterocycles. The number of hydrogen-bond donors (Lipinski definition) is 1. The molecule has 2 nitrogen and oxygen atoms in total. The highest BCUT2D eigenvalue weighted by atomic mass is 19.1. The van der Waals surface area contributed by atoms with Crippen molar-refractivity contribution in [1.82, 2.24) is 5.32 Å². The Morgan fingerprint density at radius 1 is 1.21 bits per heavy atom. The molecule has 0 heterocycles. The molecule has 4 heteroatoms. The molecule has 1 unspecified atom stereocenters. The van der Waals surface area contributed by atoms with Crippen molar-refractivity contribution in [1.29, 1.82) is 0 Å². The first kappa shape index (κ1) is 16.1. The van der Waals surface area contributed by atoms with E-state index < -0.39 is 0 Å². The number of rotatable bonds is 8. The third kappa shape index (κ3) is 5.25. The minimum atomic E-state index is -0.365. The van der Waals surface area contributed by atoms with Crippen molar-refractivity contribution in [2.45, 2.75) is 39.7 Å².